The Morgan fingerprint density at radius 1 is 1.31 bits per heavy atom. The Bertz CT molecular complexity index is 480. The number of Topliss-reactive ketones (excluding diaryl/α,β-unsaturated/α-hetero) is 1. The van der Waals surface area contributed by atoms with E-state index in [1.807, 2.05) is 18.2 Å². The van der Waals surface area contributed by atoms with E-state index in [4.69, 9.17) is 9.47 Å². The Labute approximate surface area is 93.7 Å². The van der Waals surface area contributed by atoms with Crippen LogP contribution in [0.4, 0.5) is 0 Å². The summed E-state index contributed by atoms with van der Waals surface area (Å²) in [4.78, 5) is 12.3. The summed E-state index contributed by atoms with van der Waals surface area (Å²) in [5.74, 6) is 1.44. The lowest BCUT2D eigenvalue weighted by Gasteiger charge is -2.20. The maximum atomic E-state index is 12.3. The summed E-state index contributed by atoms with van der Waals surface area (Å²) in [7, 11) is 1.59. The van der Waals surface area contributed by atoms with Crippen LogP contribution in [0, 0.1) is 0 Å². The number of ketones is 1. The molecule has 0 saturated carbocycles. The van der Waals surface area contributed by atoms with E-state index in [0.29, 0.717) is 29.9 Å². The average Bonchev–Trinajstić information content (AvgIpc) is 2.87. The minimum Gasteiger partial charge on any atom is -0.497 e. The molecule has 0 N–H and O–H groups in total. The number of benzene rings is 1. The van der Waals surface area contributed by atoms with Crippen molar-refractivity contribution in [3.05, 3.63) is 35.9 Å². The van der Waals surface area contributed by atoms with Gasteiger partial charge in [-0.25, -0.2) is 0 Å². The van der Waals surface area contributed by atoms with E-state index in [-0.39, 0.29) is 5.78 Å². The Balaban J connectivity index is 2.04. The molecule has 1 heterocycles. The first-order valence-corrected chi connectivity index (χ1v) is 5.32. The minimum absolute atomic E-state index is 0.0754. The topological polar surface area (TPSA) is 35.5 Å². The van der Waals surface area contributed by atoms with Crippen molar-refractivity contribution in [2.45, 2.75) is 18.4 Å². The van der Waals surface area contributed by atoms with Crippen LogP contribution >= 0.6 is 0 Å². The average molecular weight is 216 g/mol. The van der Waals surface area contributed by atoms with Crippen LogP contribution in [0.2, 0.25) is 0 Å². The Hall–Kier alpha value is -1.77. The summed E-state index contributed by atoms with van der Waals surface area (Å²) in [5.41, 5.74) is -0.0163. The second kappa shape index (κ2) is 3.11. The van der Waals surface area contributed by atoms with Gasteiger partial charge in [0.15, 0.2) is 5.60 Å². The fraction of sp³-hybridized carbons (Fsp3) is 0.308. The monoisotopic (exact) mass is 216 g/mol. The number of carbonyl (C=O) groups excluding carboxylic acids is 1. The van der Waals surface area contributed by atoms with Crippen LogP contribution in [0.3, 0.4) is 0 Å². The normalized spacial score (nSPS) is 19.9. The van der Waals surface area contributed by atoms with Crippen LogP contribution in [-0.4, -0.2) is 18.5 Å². The first kappa shape index (κ1) is 9.46. The highest BCUT2D eigenvalue weighted by Gasteiger charge is 2.48. The molecule has 3 rings (SSSR count). The smallest absolute Gasteiger partial charge is 0.210 e. The highest BCUT2D eigenvalue weighted by Crippen LogP contribution is 2.42. The van der Waals surface area contributed by atoms with Crippen molar-refractivity contribution in [1.29, 1.82) is 0 Å². The number of hydrogen-bond donors (Lipinski definition) is 0. The van der Waals surface area contributed by atoms with Gasteiger partial charge in [0.2, 0.25) is 5.78 Å². The van der Waals surface area contributed by atoms with Gasteiger partial charge in [0.25, 0.3) is 0 Å². The molecule has 0 aromatic heterocycles. The minimum atomic E-state index is -0.658. The lowest BCUT2D eigenvalue weighted by Crippen LogP contribution is -2.36. The Morgan fingerprint density at radius 3 is 2.75 bits per heavy atom. The maximum Gasteiger partial charge on any atom is 0.210 e. The SMILES string of the molecule is COc1ccc2c(c1)C(=O)C1(CC=CC1)O2. The van der Waals surface area contributed by atoms with Crippen LogP contribution in [0.25, 0.3) is 0 Å². The van der Waals surface area contributed by atoms with Crippen molar-refractivity contribution in [3.8, 4) is 11.5 Å². The quantitative estimate of drug-likeness (QED) is 0.676. The number of fused-ring (bicyclic) bond motifs is 1. The van der Waals surface area contributed by atoms with Gasteiger partial charge in [0, 0.05) is 12.8 Å². The van der Waals surface area contributed by atoms with E-state index >= 15 is 0 Å². The molecule has 0 unspecified atom stereocenters. The first-order chi connectivity index (χ1) is 7.75. The van der Waals surface area contributed by atoms with Crippen LogP contribution in [0.1, 0.15) is 23.2 Å². The van der Waals surface area contributed by atoms with Crippen LogP contribution < -0.4 is 9.47 Å². The van der Waals surface area contributed by atoms with E-state index in [1.54, 1.807) is 19.2 Å². The number of hydrogen-bond acceptors (Lipinski definition) is 3. The van der Waals surface area contributed by atoms with Gasteiger partial charge in [0.05, 0.1) is 12.7 Å². The van der Waals surface area contributed by atoms with Crippen molar-refractivity contribution in [2.24, 2.45) is 0 Å². The van der Waals surface area contributed by atoms with Gasteiger partial charge in [-0.05, 0) is 18.2 Å². The van der Waals surface area contributed by atoms with Crippen molar-refractivity contribution in [2.75, 3.05) is 7.11 Å². The molecule has 2 aliphatic rings. The van der Waals surface area contributed by atoms with Gasteiger partial charge in [-0.15, -0.1) is 0 Å². The van der Waals surface area contributed by atoms with E-state index in [1.165, 1.54) is 0 Å². The molecule has 1 aromatic rings. The fourth-order valence-electron chi connectivity index (χ4n) is 2.30. The molecule has 0 radical (unpaired) electrons. The summed E-state index contributed by atoms with van der Waals surface area (Å²) >= 11 is 0. The molecular formula is C13H12O3. The van der Waals surface area contributed by atoms with Crippen LogP contribution in [0.15, 0.2) is 30.4 Å². The third-order valence-corrected chi connectivity index (χ3v) is 3.21. The van der Waals surface area contributed by atoms with Gasteiger partial charge in [-0.3, -0.25) is 4.79 Å². The van der Waals surface area contributed by atoms with Gasteiger partial charge in [-0.2, -0.15) is 0 Å². The molecule has 82 valence electrons. The van der Waals surface area contributed by atoms with E-state index in [0.717, 1.165) is 0 Å². The zero-order valence-corrected chi connectivity index (χ0v) is 9.03. The zero-order chi connectivity index (χ0) is 11.2. The van der Waals surface area contributed by atoms with E-state index in [2.05, 4.69) is 0 Å². The Kier molecular flexibility index (Phi) is 1.84. The molecule has 0 fully saturated rings. The molecule has 3 heteroatoms. The number of ether oxygens (including phenoxy) is 2. The predicted octanol–water partition coefficient (Wildman–Crippen LogP) is 2.36. The van der Waals surface area contributed by atoms with Crippen LogP contribution in [-0.2, 0) is 0 Å². The Morgan fingerprint density at radius 2 is 2.06 bits per heavy atom. The van der Waals surface area contributed by atoms with Gasteiger partial charge < -0.3 is 9.47 Å². The molecule has 1 aromatic carbocycles. The first-order valence-electron chi connectivity index (χ1n) is 5.32. The molecule has 0 atom stereocenters. The summed E-state index contributed by atoms with van der Waals surface area (Å²) in [6.45, 7) is 0. The van der Waals surface area contributed by atoms with E-state index < -0.39 is 5.60 Å². The van der Waals surface area contributed by atoms with Gasteiger partial charge >= 0.3 is 0 Å². The highest BCUT2D eigenvalue weighted by atomic mass is 16.5. The zero-order valence-electron chi connectivity index (χ0n) is 9.03. The summed E-state index contributed by atoms with van der Waals surface area (Å²) < 4.78 is 10.9. The molecule has 1 spiro atoms. The third-order valence-electron chi connectivity index (χ3n) is 3.21. The molecule has 0 saturated heterocycles. The van der Waals surface area contributed by atoms with Crippen LogP contribution in [0.5, 0.6) is 11.5 Å². The van der Waals surface area contributed by atoms with Crippen molar-refractivity contribution >= 4 is 5.78 Å². The molecule has 1 aliphatic heterocycles. The summed E-state index contributed by atoms with van der Waals surface area (Å²) in [6.07, 6.45) is 5.34. The molecule has 0 amide bonds. The second-order valence-electron chi connectivity index (χ2n) is 4.17. The summed E-state index contributed by atoms with van der Waals surface area (Å²) in [6, 6.07) is 5.37. The van der Waals surface area contributed by atoms with Gasteiger partial charge in [-0.1, -0.05) is 12.2 Å². The predicted molar refractivity (Wildman–Crippen MR) is 59.1 cm³/mol. The lowest BCUT2D eigenvalue weighted by molar-refractivity contribution is 0.0608. The number of methoxy groups -OCH3 is 1. The number of rotatable bonds is 1. The van der Waals surface area contributed by atoms with Gasteiger partial charge in [0.1, 0.15) is 11.5 Å². The highest BCUT2D eigenvalue weighted by molar-refractivity contribution is 6.08. The largest absolute Gasteiger partial charge is 0.497 e. The maximum absolute atomic E-state index is 12.3. The second-order valence-corrected chi connectivity index (χ2v) is 4.17. The standard InChI is InChI=1S/C13H12O3/c1-15-9-4-5-11-10(8-9)12(14)13(16-11)6-2-3-7-13/h2-5,8H,6-7H2,1H3. The molecule has 3 nitrogen and oxygen atoms in total. The molecular weight excluding hydrogens is 204 g/mol. The van der Waals surface area contributed by atoms with Crippen molar-refractivity contribution in [3.63, 3.8) is 0 Å². The fourth-order valence-corrected chi connectivity index (χ4v) is 2.30. The molecule has 16 heavy (non-hydrogen) atoms. The van der Waals surface area contributed by atoms with Crippen molar-refractivity contribution < 1.29 is 14.3 Å². The lowest BCUT2D eigenvalue weighted by atomic mass is 9.93. The van der Waals surface area contributed by atoms with E-state index in [9.17, 15) is 4.79 Å². The molecule has 0 bridgehead atoms. The van der Waals surface area contributed by atoms with Crippen molar-refractivity contribution in [1.82, 2.24) is 0 Å². The third kappa shape index (κ3) is 1.11. The number of carbonyl (C=O) groups is 1. The summed E-state index contributed by atoms with van der Waals surface area (Å²) in [5, 5.41) is 0. The molecule has 1 aliphatic carbocycles.